The molecular weight excluding hydrogens is 484 g/mol. The molecule has 1 aliphatic heterocycles. The van der Waals surface area contributed by atoms with Crippen LogP contribution in [0.25, 0.3) is 11.4 Å². The lowest BCUT2D eigenvalue weighted by molar-refractivity contribution is 0.0386. The molecule has 38 heavy (non-hydrogen) atoms. The molecule has 0 saturated carbocycles. The molecule has 4 heterocycles. The first kappa shape index (κ1) is 25.2. The van der Waals surface area contributed by atoms with Gasteiger partial charge in [0.25, 0.3) is 0 Å². The average molecular weight is 515 g/mol. The van der Waals surface area contributed by atoms with Crippen LogP contribution >= 0.6 is 0 Å². The second kappa shape index (κ2) is 10.9. The van der Waals surface area contributed by atoms with Crippen molar-refractivity contribution in [3.05, 3.63) is 60.7 Å². The van der Waals surface area contributed by atoms with E-state index in [-0.39, 0.29) is 11.9 Å². The van der Waals surface area contributed by atoms with Gasteiger partial charge in [-0.2, -0.15) is 5.10 Å². The maximum atomic E-state index is 12.7. The number of ether oxygens (including phenoxy) is 2. The molecule has 11 nitrogen and oxygen atoms in total. The van der Waals surface area contributed by atoms with Gasteiger partial charge in [0.15, 0.2) is 17.4 Å². The predicted octanol–water partition coefficient (Wildman–Crippen LogP) is 4.05. The van der Waals surface area contributed by atoms with Crippen LogP contribution in [0, 0.1) is 0 Å². The van der Waals surface area contributed by atoms with Crippen molar-refractivity contribution in [2.45, 2.75) is 19.4 Å². The number of aromatic nitrogens is 5. The fraction of sp³-hybridized carbons (Fsp3) is 0.296. The molecule has 1 fully saturated rings. The Morgan fingerprint density at radius 2 is 1.84 bits per heavy atom. The molecule has 0 spiro atoms. The number of benzene rings is 1. The van der Waals surface area contributed by atoms with Crippen molar-refractivity contribution in [2.75, 3.05) is 37.9 Å². The van der Waals surface area contributed by atoms with Crippen molar-refractivity contribution in [3.63, 3.8) is 0 Å². The molecule has 11 heteroatoms. The number of hydrogen-bond donors (Lipinski definition) is 2. The molecule has 3 aromatic heterocycles. The molecule has 2 N–H and O–H groups in total. The zero-order valence-corrected chi connectivity index (χ0v) is 21.8. The first-order valence-electron chi connectivity index (χ1n) is 12.3. The number of nitrogens with one attached hydrogen (secondary N) is 2. The summed E-state index contributed by atoms with van der Waals surface area (Å²) in [5.74, 6) is 2.93. The van der Waals surface area contributed by atoms with E-state index in [0.717, 1.165) is 24.4 Å². The Balaban J connectivity index is 1.40. The van der Waals surface area contributed by atoms with Crippen molar-refractivity contribution in [3.8, 4) is 22.9 Å². The van der Waals surface area contributed by atoms with E-state index in [1.807, 2.05) is 44.3 Å². The predicted molar refractivity (Wildman–Crippen MR) is 145 cm³/mol. The number of carbonyl (C=O) groups excluding carboxylic acids is 1. The van der Waals surface area contributed by atoms with Crippen molar-refractivity contribution in [2.24, 2.45) is 7.05 Å². The summed E-state index contributed by atoms with van der Waals surface area (Å²) in [6.45, 7) is 3.64. The summed E-state index contributed by atoms with van der Waals surface area (Å²) in [5.41, 5.74) is 2.46. The van der Waals surface area contributed by atoms with Gasteiger partial charge >= 0.3 is 0 Å². The average Bonchev–Trinajstić information content (AvgIpc) is 3.34. The Hall–Kier alpha value is -4.51. The number of para-hydroxylation sites is 1. The highest BCUT2D eigenvalue weighted by atomic mass is 16.5. The minimum Gasteiger partial charge on any atom is -0.494 e. The molecular formula is C27H30N8O3. The van der Waals surface area contributed by atoms with Gasteiger partial charge in [0, 0.05) is 38.8 Å². The Morgan fingerprint density at radius 1 is 1.03 bits per heavy atom. The second-order valence-electron chi connectivity index (χ2n) is 9.11. The Labute approximate surface area is 220 Å². The number of likely N-dealkylation sites (tertiary alicyclic amines) is 1. The number of nitrogens with zero attached hydrogens (tertiary/aromatic N) is 6. The van der Waals surface area contributed by atoms with Crippen LogP contribution in [0.5, 0.6) is 11.5 Å². The van der Waals surface area contributed by atoms with Crippen molar-refractivity contribution in [1.29, 1.82) is 0 Å². The van der Waals surface area contributed by atoms with Crippen LogP contribution in [-0.4, -0.2) is 68.8 Å². The highest BCUT2D eigenvalue weighted by Crippen LogP contribution is 2.37. The molecule has 4 aromatic rings. The summed E-state index contributed by atoms with van der Waals surface area (Å²) in [5, 5.41) is 11.0. The third-order valence-corrected chi connectivity index (χ3v) is 6.18. The summed E-state index contributed by atoms with van der Waals surface area (Å²) in [6, 6.07) is 11.1. The molecule has 0 atom stereocenters. The number of likely N-dealkylation sites (N-methyl/N-ethyl adjacent to an activating group) is 1. The Morgan fingerprint density at radius 3 is 2.50 bits per heavy atom. The van der Waals surface area contributed by atoms with E-state index < -0.39 is 0 Å². The molecule has 0 bridgehead atoms. The van der Waals surface area contributed by atoms with Crippen LogP contribution in [0.4, 0.5) is 23.0 Å². The molecule has 1 aromatic carbocycles. The number of hydrogen-bond acceptors (Lipinski definition) is 10. The van der Waals surface area contributed by atoms with E-state index in [4.69, 9.17) is 9.47 Å². The number of rotatable bonds is 10. The quantitative estimate of drug-likeness (QED) is 0.300. The fourth-order valence-corrected chi connectivity index (χ4v) is 4.24. The van der Waals surface area contributed by atoms with E-state index in [9.17, 15) is 4.79 Å². The molecule has 0 radical (unpaired) electrons. The highest BCUT2D eigenvalue weighted by Gasteiger charge is 2.25. The van der Waals surface area contributed by atoms with Crippen LogP contribution in [-0.2, 0) is 7.05 Å². The molecule has 0 unspecified atom stereocenters. The summed E-state index contributed by atoms with van der Waals surface area (Å²) in [6.07, 6.45) is 5.43. The third kappa shape index (κ3) is 5.42. The normalized spacial score (nSPS) is 13.6. The van der Waals surface area contributed by atoms with Gasteiger partial charge in [0.2, 0.25) is 0 Å². The zero-order chi connectivity index (χ0) is 26.6. The van der Waals surface area contributed by atoms with E-state index in [1.165, 1.54) is 0 Å². The van der Waals surface area contributed by atoms with Crippen LogP contribution in [0.15, 0.2) is 55.1 Å². The standard InChI is InChI=1S/C27H30N8O3/c1-5-23(36)20-13-29-25(32-24-10-9-17(12-28-24)38-18-14-34(2)15-18)11-22(20)31-21-8-6-7-19(26(21)37-4)27-30-16-35(3)33-27/h6-13,16,18H,5,14-15H2,1-4H3,(H2,28,29,31,32). The molecule has 5 rings (SSSR count). The van der Waals surface area contributed by atoms with Gasteiger partial charge in [-0.3, -0.25) is 14.4 Å². The van der Waals surface area contributed by atoms with Gasteiger partial charge < -0.3 is 20.1 Å². The number of Topliss-reactive ketones (excluding diaryl/α,β-unsaturated/α-hetero) is 1. The Bertz CT molecular complexity index is 1430. The Kier molecular flexibility index (Phi) is 7.18. The molecule has 1 saturated heterocycles. The molecule has 0 aliphatic carbocycles. The number of methoxy groups -OCH3 is 1. The molecule has 1 aliphatic rings. The fourth-order valence-electron chi connectivity index (χ4n) is 4.24. The summed E-state index contributed by atoms with van der Waals surface area (Å²) in [7, 11) is 5.46. The van der Waals surface area contributed by atoms with Crippen molar-refractivity contribution >= 4 is 28.8 Å². The lowest BCUT2D eigenvalue weighted by Crippen LogP contribution is -2.51. The number of anilines is 4. The van der Waals surface area contributed by atoms with Gasteiger partial charge in [-0.25, -0.2) is 15.0 Å². The summed E-state index contributed by atoms with van der Waals surface area (Å²) in [4.78, 5) is 28.2. The monoisotopic (exact) mass is 514 g/mol. The van der Waals surface area contributed by atoms with Crippen molar-refractivity contribution in [1.82, 2.24) is 29.6 Å². The van der Waals surface area contributed by atoms with E-state index >= 15 is 0 Å². The second-order valence-corrected chi connectivity index (χ2v) is 9.11. The lowest BCUT2D eigenvalue weighted by Gasteiger charge is -2.35. The van der Waals surface area contributed by atoms with Gasteiger partial charge in [-0.15, -0.1) is 0 Å². The van der Waals surface area contributed by atoms with Crippen LogP contribution in [0.1, 0.15) is 23.7 Å². The van der Waals surface area contributed by atoms with Gasteiger partial charge in [-0.05, 0) is 31.3 Å². The number of aryl methyl sites for hydroxylation is 1. The minimum absolute atomic E-state index is 0.0330. The highest BCUT2D eigenvalue weighted by molar-refractivity contribution is 6.02. The van der Waals surface area contributed by atoms with E-state index in [1.54, 1.807) is 36.6 Å². The number of carbonyl (C=O) groups is 1. The largest absolute Gasteiger partial charge is 0.494 e. The number of ketones is 1. The smallest absolute Gasteiger partial charge is 0.184 e. The van der Waals surface area contributed by atoms with Gasteiger partial charge in [-0.1, -0.05) is 13.0 Å². The summed E-state index contributed by atoms with van der Waals surface area (Å²) >= 11 is 0. The topological polar surface area (TPSA) is 119 Å². The SMILES string of the molecule is CCC(=O)c1cnc(Nc2ccc(OC3CN(C)C3)cn2)cc1Nc1cccc(-c2ncn(C)n2)c1OC. The number of pyridine rings is 2. The molecule has 196 valence electrons. The van der Waals surface area contributed by atoms with Crippen LogP contribution in [0.2, 0.25) is 0 Å². The van der Waals surface area contributed by atoms with E-state index in [0.29, 0.717) is 46.6 Å². The minimum atomic E-state index is -0.0330. The lowest BCUT2D eigenvalue weighted by atomic mass is 10.1. The van der Waals surface area contributed by atoms with Crippen LogP contribution < -0.4 is 20.1 Å². The van der Waals surface area contributed by atoms with Crippen LogP contribution in [0.3, 0.4) is 0 Å². The van der Waals surface area contributed by atoms with E-state index in [2.05, 4.69) is 42.6 Å². The summed E-state index contributed by atoms with van der Waals surface area (Å²) < 4.78 is 13.3. The first-order chi connectivity index (χ1) is 18.4. The molecule has 0 amide bonds. The van der Waals surface area contributed by atoms with Gasteiger partial charge in [0.05, 0.1) is 35.8 Å². The maximum Gasteiger partial charge on any atom is 0.184 e. The first-order valence-corrected chi connectivity index (χ1v) is 12.3. The van der Waals surface area contributed by atoms with Gasteiger partial charge in [0.1, 0.15) is 29.8 Å². The van der Waals surface area contributed by atoms with Crippen molar-refractivity contribution < 1.29 is 14.3 Å². The third-order valence-electron chi connectivity index (χ3n) is 6.18. The zero-order valence-electron chi connectivity index (χ0n) is 21.8. The maximum absolute atomic E-state index is 12.7.